The second-order valence-electron chi connectivity index (χ2n) is 5.01. The first-order valence-corrected chi connectivity index (χ1v) is 7.49. The molecular formula is C16H30O3. The van der Waals surface area contributed by atoms with Gasteiger partial charge in [0, 0.05) is 13.3 Å². The predicted octanol–water partition coefficient (Wildman–Crippen LogP) is 4.27. The summed E-state index contributed by atoms with van der Waals surface area (Å²) in [4.78, 5) is 29.3. The van der Waals surface area contributed by atoms with Gasteiger partial charge < -0.3 is 4.79 Å². The first kappa shape index (κ1) is 20.3. The molecule has 0 N–H and O–H groups in total. The van der Waals surface area contributed by atoms with E-state index >= 15 is 0 Å². The Labute approximate surface area is 118 Å². The molecule has 19 heavy (non-hydrogen) atoms. The summed E-state index contributed by atoms with van der Waals surface area (Å²) in [7, 11) is 0. The molecule has 0 radical (unpaired) electrons. The van der Waals surface area contributed by atoms with Crippen molar-refractivity contribution in [3.63, 3.8) is 0 Å². The third-order valence-electron chi connectivity index (χ3n) is 2.80. The largest absolute Gasteiger partial charge is 0.300 e. The predicted molar refractivity (Wildman–Crippen MR) is 79.3 cm³/mol. The van der Waals surface area contributed by atoms with E-state index in [1.54, 1.807) is 6.92 Å². The number of carbonyl (C=O) groups excluding carboxylic acids is 3. The van der Waals surface area contributed by atoms with Crippen LogP contribution in [0.2, 0.25) is 0 Å². The van der Waals surface area contributed by atoms with Gasteiger partial charge in [-0.1, -0.05) is 58.3 Å². The van der Waals surface area contributed by atoms with Gasteiger partial charge in [-0.2, -0.15) is 0 Å². The Kier molecular flexibility index (Phi) is 18.2. The lowest BCUT2D eigenvalue weighted by Crippen LogP contribution is -1.89. The highest BCUT2D eigenvalue weighted by Crippen LogP contribution is 2.10. The van der Waals surface area contributed by atoms with Crippen molar-refractivity contribution in [2.45, 2.75) is 85.0 Å². The van der Waals surface area contributed by atoms with Crippen LogP contribution in [0.15, 0.2) is 0 Å². The van der Waals surface area contributed by atoms with E-state index < -0.39 is 5.78 Å². The van der Waals surface area contributed by atoms with Gasteiger partial charge in [0.25, 0.3) is 0 Å². The Morgan fingerprint density at radius 3 is 1.47 bits per heavy atom. The molecule has 0 bridgehead atoms. The van der Waals surface area contributed by atoms with E-state index in [0.717, 1.165) is 12.8 Å². The van der Waals surface area contributed by atoms with Crippen LogP contribution in [-0.4, -0.2) is 17.9 Å². The molecule has 0 aromatic carbocycles. The molecule has 0 spiro atoms. The van der Waals surface area contributed by atoms with E-state index in [0.29, 0.717) is 5.78 Å². The van der Waals surface area contributed by atoms with E-state index in [2.05, 4.69) is 6.92 Å². The van der Waals surface area contributed by atoms with Gasteiger partial charge >= 0.3 is 0 Å². The molecule has 0 heterocycles. The lowest BCUT2D eigenvalue weighted by atomic mass is 10.1. The zero-order chi connectivity index (χ0) is 14.9. The summed E-state index contributed by atoms with van der Waals surface area (Å²) in [5, 5.41) is 0. The molecular weight excluding hydrogens is 240 g/mol. The van der Waals surface area contributed by atoms with Gasteiger partial charge in [-0.25, -0.2) is 0 Å². The van der Waals surface area contributed by atoms with Crippen LogP contribution in [0.3, 0.4) is 0 Å². The van der Waals surface area contributed by atoms with Crippen molar-refractivity contribution < 1.29 is 14.4 Å². The van der Waals surface area contributed by atoms with Crippen LogP contribution in [0.4, 0.5) is 0 Å². The minimum absolute atomic E-state index is 0.278. The summed E-state index contributed by atoms with van der Waals surface area (Å²) < 4.78 is 0. The highest BCUT2D eigenvalue weighted by Gasteiger charge is 1.94. The standard InChI is InChI=1S/C13H26O.C3H4O2/c1-3-4-5-6-7-8-9-10-11-12-13(2)14;1-3(5)2-4/h3-12H2,1-2H3;2H,1H3. The molecule has 0 fully saturated rings. The van der Waals surface area contributed by atoms with E-state index in [-0.39, 0.29) is 6.29 Å². The Balaban J connectivity index is 0. The van der Waals surface area contributed by atoms with Gasteiger partial charge in [-0.15, -0.1) is 0 Å². The fraction of sp³-hybridized carbons (Fsp3) is 0.812. The van der Waals surface area contributed by atoms with Crippen molar-refractivity contribution in [3.05, 3.63) is 0 Å². The zero-order valence-electron chi connectivity index (χ0n) is 12.9. The topological polar surface area (TPSA) is 51.2 Å². The zero-order valence-corrected chi connectivity index (χ0v) is 12.9. The molecule has 3 heteroatoms. The normalized spacial score (nSPS) is 9.42. The molecule has 0 aromatic rings. The minimum Gasteiger partial charge on any atom is -0.300 e. The van der Waals surface area contributed by atoms with Gasteiger partial charge in [0.1, 0.15) is 5.78 Å². The molecule has 0 aliphatic carbocycles. The fourth-order valence-corrected chi connectivity index (χ4v) is 1.68. The second kappa shape index (κ2) is 17.0. The van der Waals surface area contributed by atoms with E-state index in [1.807, 2.05) is 0 Å². The first-order valence-electron chi connectivity index (χ1n) is 7.49. The summed E-state index contributed by atoms with van der Waals surface area (Å²) in [5.41, 5.74) is 0. The smallest absolute Gasteiger partial charge is 0.192 e. The molecule has 0 amide bonds. The molecule has 112 valence electrons. The highest BCUT2D eigenvalue weighted by atomic mass is 16.2. The summed E-state index contributed by atoms with van der Waals surface area (Å²) >= 11 is 0. The van der Waals surface area contributed by atoms with Crippen molar-refractivity contribution in [2.24, 2.45) is 0 Å². The maximum absolute atomic E-state index is 10.7. The molecule has 0 saturated heterocycles. The number of rotatable bonds is 11. The van der Waals surface area contributed by atoms with Crippen molar-refractivity contribution in [3.8, 4) is 0 Å². The van der Waals surface area contributed by atoms with Gasteiger partial charge in [0.15, 0.2) is 12.1 Å². The quantitative estimate of drug-likeness (QED) is 0.320. The Morgan fingerprint density at radius 1 is 0.789 bits per heavy atom. The lowest BCUT2D eigenvalue weighted by molar-refractivity contribution is -0.128. The number of hydrogen-bond donors (Lipinski definition) is 0. The minimum atomic E-state index is -0.426. The first-order chi connectivity index (χ1) is 9.04. The van der Waals surface area contributed by atoms with Crippen LogP contribution in [-0.2, 0) is 14.4 Å². The van der Waals surface area contributed by atoms with Crippen LogP contribution < -0.4 is 0 Å². The summed E-state index contributed by atoms with van der Waals surface area (Å²) in [6, 6.07) is 0. The molecule has 0 aliphatic rings. The number of ketones is 2. The van der Waals surface area contributed by atoms with Crippen molar-refractivity contribution >= 4 is 17.9 Å². The Bertz CT molecular complexity index is 234. The van der Waals surface area contributed by atoms with E-state index in [4.69, 9.17) is 4.79 Å². The molecule has 0 unspecified atom stereocenters. The van der Waals surface area contributed by atoms with Crippen molar-refractivity contribution in [1.29, 1.82) is 0 Å². The molecule has 0 saturated carbocycles. The lowest BCUT2D eigenvalue weighted by Gasteiger charge is -2.00. The van der Waals surface area contributed by atoms with E-state index in [1.165, 1.54) is 58.3 Å². The summed E-state index contributed by atoms with van der Waals surface area (Å²) in [6.07, 6.45) is 13.0. The molecule has 0 aromatic heterocycles. The third-order valence-corrected chi connectivity index (χ3v) is 2.80. The van der Waals surface area contributed by atoms with Gasteiger partial charge in [-0.3, -0.25) is 9.59 Å². The van der Waals surface area contributed by atoms with Crippen LogP contribution in [0, 0.1) is 0 Å². The highest BCUT2D eigenvalue weighted by molar-refractivity contribution is 6.23. The summed E-state index contributed by atoms with van der Waals surface area (Å²) in [6.45, 7) is 5.15. The van der Waals surface area contributed by atoms with Crippen molar-refractivity contribution in [2.75, 3.05) is 0 Å². The van der Waals surface area contributed by atoms with Gasteiger partial charge in [0.05, 0.1) is 0 Å². The van der Waals surface area contributed by atoms with Gasteiger partial charge in [0.2, 0.25) is 0 Å². The van der Waals surface area contributed by atoms with Gasteiger partial charge in [-0.05, 0) is 13.3 Å². The molecule has 0 atom stereocenters. The van der Waals surface area contributed by atoms with Crippen LogP contribution >= 0.6 is 0 Å². The average molecular weight is 270 g/mol. The molecule has 0 rings (SSSR count). The Morgan fingerprint density at radius 2 is 1.16 bits per heavy atom. The van der Waals surface area contributed by atoms with E-state index in [9.17, 15) is 9.59 Å². The second-order valence-corrected chi connectivity index (χ2v) is 5.01. The monoisotopic (exact) mass is 270 g/mol. The molecule has 0 aliphatic heterocycles. The number of aldehydes is 1. The third kappa shape index (κ3) is 26.6. The van der Waals surface area contributed by atoms with Crippen LogP contribution in [0.25, 0.3) is 0 Å². The van der Waals surface area contributed by atoms with Crippen LogP contribution in [0.5, 0.6) is 0 Å². The number of unbranched alkanes of at least 4 members (excludes halogenated alkanes) is 8. The maximum Gasteiger partial charge on any atom is 0.192 e. The SMILES string of the molecule is CC(=O)C=O.CCCCCCCCCCCC(C)=O. The maximum atomic E-state index is 10.7. The van der Waals surface area contributed by atoms with Crippen LogP contribution in [0.1, 0.15) is 85.0 Å². The fourth-order valence-electron chi connectivity index (χ4n) is 1.68. The Hall–Kier alpha value is -0.990. The average Bonchev–Trinajstić information content (AvgIpc) is 2.37. The number of carbonyl (C=O) groups is 3. The number of hydrogen-bond acceptors (Lipinski definition) is 3. The van der Waals surface area contributed by atoms with Crippen molar-refractivity contribution in [1.82, 2.24) is 0 Å². The summed E-state index contributed by atoms with van der Waals surface area (Å²) in [5.74, 6) is -0.0852. The molecule has 3 nitrogen and oxygen atoms in total. The number of Topliss-reactive ketones (excluding diaryl/α,β-unsaturated/α-hetero) is 2.